The van der Waals surface area contributed by atoms with E-state index in [0.29, 0.717) is 26.4 Å². The predicted octanol–water partition coefficient (Wildman–Crippen LogP) is -1.64. The van der Waals surface area contributed by atoms with E-state index in [1.807, 2.05) is 0 Å². The summed E-state index contributed by atoms with van der Waals surface area (Å²) in [6.07, 6.45) is 0. The molecular formula is C6H15KO4. The first-order valence-corrected chi connectivity index (χ1v) is 3.29. The molecule has 0 heterocycles. The topological polar surface area (TPSA) is 58.9 Å². The Morgan fingerprint density at radius 1 is 0.727 bits per heavy atom. The van der Waals surface area contributed by atoms with Crippen molar-refractivity contribution in [3.05, 3.63) is 0 Å². The Balaban J connectivity index is 0. The summed E-state index contributed by atoms with van der Waals surface area (Å²) in [5, 5.41) is 16.5. The van der Waals surface area contributed by atoms with Gasteiger partial charge in [-0.05, 0) is 0 Å². The second-order valence-corrected chi connectivity index (χ2v) is 1.67. The van der Waals surface area contributed by atoms with E-state index in [2.05, 4.69) is 0 Å². The number of rotatable bonds is 7. The van der Waals surface area contributed by atoms with Crippen molar-refractivity contribution in [1.82, 2.24) is 0 Å². The number of hydrogen-bond acceptors (Lipinski definition) is 4. The van der Waals surface area contributed by atoms with Gasteiger partial charge >= 0.3 is 51.4 Å². The summed E-state index contributed by atoms with van der Waals surface area (Å²) < 4.78 is 9.75. The monoisotopic (exact) mass is 190 g/mol. The van der Waals surface area contributed by atoms with Crippen LogP contribution in [0.25, 0.3) is 0 Å². The van der Waals surface area contributed by atoms with E-state index in [-0.39, 0.29) is 64.6 Å². The Labute approximate surface area is 109 Å². The first-order valence-electron chi connectivity index (χ1n) is 3.29. The molecule has 0 aromatic carbocycles. The van der Waals surface area contributed by atoms with Gasteiger partial charge in [-0.15, -0.1) is 0 Å². The van der Waals surface area contributed by atoms with Gasteiger partial charge in [0, 0.05) is 0 Å². The molecule has 0 aromatic heterocycles. The summed E-state index contributed by atoms with van der Waals surface area (Å²) in [6, 6.07) is 0. The van der Waals surface area contributed by atoms with Gasteiger partial charge in [-0.25, -0.2) is 0 Å². The first kappa shape index (κ1) is 15.0. The molecule has 0 spiro atoms. The Hall–Kier alpha value is 1.48. The van der Waals surface area contributed by atoms with Crippen molar-refractivity contribution >= 4 is 51.4 Å². The fourth-order valence-electron chi connectivity index (χ4n) is 0.451. The second-order valence-electron chi connectivity index (χ2n) is 1.67. The van der Waals surface area contributed by atoms with E-state index in [1.54, 1.807) is 0 Å². The van der Waals surface area contributed by atoms with Crippen molar-refractivity contribution in [2.45, 2.75) is 0 Å². The van der Waals surface area contributed by atoms with Crippen LogP contribution in [-0.2, 0) is 9.47 Å². The maximum atomic E-state index is 8.26. The Morgan fingerprint density at radius 3 is 1.36 bits per heavy atom. The maximum absolute atomic E-state index is 8.26. The van der Waals surface area contributed by atoms with Crippen molar-refractivity contribution in [2.75, 3.05) is 39.6 Å². The zero-order valence-electron chi connectivity index (χ0n) is 5.95. The van der Waals surface area contributed by atoms with Crippen LogP contribution in [0.3, 0.4) is 0 Å². The number of ether oxygens (including phenoxy) is 2. The van der Waals surface area contributed by atoms with Gasteiger partial charge < -0.3 is 19.7 Å². The summed E-state index contributed by atoms with van der Waals surface area (Å²) >= 11 is 0. The number of aliphatic hydroxyl groups excluding tert-OH is 2. The zero-order chi connectivity index (χ0) is 7.66. The molecule has 4 nitrogen and oxygen atoms in total. The zero-order valence-corrected chi connectivity index (χ0v) is 5.95. The number of hydrogen-bond donors (Lipinski definition) is 2. The van der Waals surface area contributed by atoms with E-state index in [0.717, 1.165) is 0 Å². The third kappa shape index (κ3) is 14.3. The van der Waals surface area contributed by atoms with Crippen LogP contribution in [0.1, 0.15) is 0 Å². The summed E-state index contributed by atoms with van der Waals surface area (Å²) in [5.74, 6) is 0. The van der Waals surface area contributed by atoms with Gasteiger partial charge in [-0.2, -0.15) is 0 Å². The Bertz CT molecular complexity index is 54.5. The van der Waals surface area contributed by atoms with Crippen molar-refractivity contribution in [3.63, 3.8) is 0 Å². The third-order valence-electron chi connectivity index (χ3n) is 0.843. The van der Waals surface area contributed by atoms with Crippen LogP contribution in [0.15, 0.2) is 0 Å². The minimum absolute atomic E-state index is 0. The average Bonchev–Trinajstić information content (AvgIpc) is 1.97. The Morgan fingerprint density at radius 2 is 1.09 bits per heavy atom. The van der Waals surface area contributed by atoms with Crippen molar-refractivity contribution < 1.29 is 19.7 Å². The average molecular weight is 190 g/mol. The molecule has 0 fully saturated rings. The van der Waals surface area contributed by atoms with Crippen LogP contribution in [0.2, 0.25) is 0 Å². The van der Waals surface area contributed by atoms with Gasteiger partial charge in [0.1, 0.15) is 0 Å². The van der Waals surface area contributed by atoms with Crippen LogP contribution in [0.4, 0.5) is 0 Å². The van der Waals surface area contributed by atoms with Crippen LogP contribution in [-0.4, -0.2) is 101 Å². The predicted molar refractivity (Wildman–Crippen MR) is 43.0 cm³/mol. The van der Waals surface area contributed by atoms with Crippen LogP contribution < -0.4 is 0 Å². The molecule has 64 valence electrons. The Kier molecular flexibility index (Phi) is 19.1. The van der Waals surface area contributed by atoms with Gasteiger partial charge in [0.2, 0.25) is 0 Å². The quantitative estimate of drug-likeness (QED) is 0.373. The third-order valence-corrected chi connectivity index (χ3v) is 0.843. The molecule has 0 bridgehead atoms. The molecule has 0 saturated heterocycles. The molecule has 0 saturated carbocycles. The molecule has 11 heavy (non-hydrogen) atoms. The van der Waals surface area contributed by atoms with Gasteiger partial charge in [-0.3, -0.25) is 0 Å². The van der Waals surface area contributed by atoms with E-state index in [4.69, 9.17) is 19.7 Å². The molecule has 0 rings (SSSR count). The molecule has 2 N–H and O–H groups in total. The molecule has 0 amide bonds. The molecule has 0 unspecified atom stereocenters. The molecule has 0 aromatic rings. The summed E-state index contributed by atoms with van der Waals surface area (Å²) in [5.41, 5.74) is 0. The molecule has 0 radical (unpaired) electrons. The van der Waals surface area contributed by atoms with E-state index < -0.39 is 0 Å². The fraction of sp³-hybridized carbons (Fsp3) is 1.00. The molecule has 0 aliphatic heterocycles. The molecule has 0 atom stereocenters. The van der Waals surface area contributed by atoms with Gasteiger partial charge in [0.15, 0.2) is 0 Å². The van der Waals surface area contributed by atoms with Crippen LogP contribution >= 0.6 is 0 Å². The standard InChI is InChI=1S/C6H14O4.K.H/c7-1-3-9-5-6-10-4-2-8;;/h7-8H,1-6H2;;. The summed E-state index contributed by atoms with van der Waals surface area (Å²) in [7, 11) is 0. The minimum atomic E-state index is 0. The van der Waals surface area contributed by atoms with Gasteiger partial charge in [0.05, 0.1) is 39.6 Å². The fourth-order valence-corrected chi connectivity index (χ4v) is 0.451. The summed E-state index contributed by atoms with van der Waals surface area (Å²) in [4.78, 5) is 0. The van der Waals surface area contributed by atoms with E-state index in [1.165, 1.54) is 0 Å². The number of aliphatic hydroxyl groups is 2. The van der Waals surface area contributed by atoms with Gasteiger partial charge in [-0.1, -0.05) is 0 Å². The van der Waals surface area contributed by atoms with E-state index in [9.17, 15) is 0 Å². The van der Waals surface area contributed by atoms with Crippen molar-refractivity contribution in [2.24, 2.45) is 0 Å². The van der Waals surface area contributed by atoms with E-state index >= 15 is 0 Å². The summed E-state index contributed by atoms with van der Waals surface area (Å²) in [6.45, 7) is 1.73. The normalized spacial score (nSPS) is 9.27. The van der Waals surface area contributed by atoms with Crippen molar-refractivity contribution in [3.8, 4) is 0 Å². The SMILES string of the molecule is OCCOCCOCCO.[KH]. The molecule has 0 aliphatic rings. The second kappa shape index (κ2) is 14.0. The first-order chi connectivity index (χ1) is 4.91. The van der Waals surface area contributed by atoms with Crippen LogP contribution in [0.5, 0.6) is 0 Å². The van der Waals surface area contributed by atoms with Crippen molar-refractivity contribution in [1.29, 1.82) is 0 Å². The molecule has 0 aliphatic carbocycles. The molecule has 5 heteroatoms. The van der Waals surface area contributed by atoms with Gasteiger partial charge in [0.25, 0.3) is 0 Å². The molecular weight excluding hydrogens is 175 g/mol. The van der Waals surface area contributed by atoms with Crippen LogP contribution in [0, 0.1) is 0 Å².